The molecule has 8 heteroatoms. The van der Waals surface area contributed by atoms with Gasteiger partial charge in [-0.25, -0.2) is 0 Å². The quantitative estimate of drug-likeness (QED) is 0.322. The van der Waals surface area contributed by atoms with Crippen molar-refractivity contribution in [2.75, 3.05) is 50.7 Å². The van der Waals surface area contributed by atoms with Crippen LogP contribution in [0.25, 0.3) is 0 Å². The van der Waals surface area contributed by atoms with Crippen LogP contribution in [0.1, 0.15) is 27.2 Å². The molecule has 0 radical (unpaired) electrons. The number of allylic oxidation sites excluding steroid dienone is 1. The van der Waals surface area contributed by atoms with Gasteiger partial charge in [-0.1, -0.05) is 26.0 Å². The maximum absolute atomic E-state index is 12.9. The Kier molecular flexibility index (Phi) is 10.8. The Morgan fingerprint density at radius 2 is 1.90 bits per heavy atom. The van der Waals surface area contributed by atoms with Gasteiger partial charge in [-0.05, 0) is 43.4 Å². The smallest absolute Gasteiger partial charge is 0.290 e. The van der Waals surface area contributed by atoms with Crippen LogP contribution in [0.2, 0.25) is 0 Å². The lowest BCUT2D eigenvalue weighted by Crippen LogP contribution is -2.40. The molecule has 0 saturated heterocycles. The van der Waals surface area contributed by atoms with Crippen LogP contribution in [0.15, 0.2) is 36.1 Å². The molecule has 1 aliphatic rings. The number of carbonyl (C=O) groups is 1. The first-order chi connectivity index (χ1) is 15.0. The summed E-state index contributed by atoms with van der Waals surface area (Å²) in [6.07, 6.45) is 2.08. The molecule has 1 aromatic carbocycles. The monoisotopic (exact) mass is 436 g/mol. The number of para-hydroxylation sites is 2. The van der Waals surface area contributed by atoms with Crippen molar-refractivity contribution in [2.45, 2.75) is 33.5 Å². The lowest BCUT2D eigenvalue weighted by molar-refractivity contribution is -0.175. The number of nitrogens with two attached hydrogens (primary N) is 1. The van der Waals surface area contributed by atoms with Gasteiger partial charge in [0.15, 0.2) is 5.76 Å². The number of amides is 1. The van der Waals surface area contributed by atoms with Crippen molar-refractivity contribution in [1.29, 1.82) is 0 Å². The summed E-state index contributed by atoms with van der Waals surface area (Å²) in [5.41, 5.74) is 6.98. The van der Waals surface area contributed by atoms with E-state index < -0.39 is 6.29 Å². The average molecular weight is 437 g/mol. The van der Waals surface area contributed by atoms with Gasteiger partial charge in [-0.15, -0.1) is 0 Å². The molecule has 3 atom stereocenters. The van der Waals surface area contributed by atoms with Gasteiger partial charge in [0.2, 0.25) is 6.29 Å². The summed E-state index contributed by atoms with van der Waals surface area (Å²) in [5, 5.41) is 11.5. The molecule has 0 fully saturated rings. The van der Waals surface area contributed by atoms with E-state index in [0.717, 1.165) is 6.42 Å². The van der Waals surface area contributed by atoms with E-state index in [-0.39, 0.29) is 36.0 Å². The predicted octanol–water partition coefficient (Wildman–Crippen LogP) is 2.79. The van der Waals surface area contributed by atoms with Crippen molar-refractivity contribution >= 4 is 17.3 Å². The van der Waals surface area contributed by atoms with Gasteiger partial charge < -0.3 is 35.1 Å². The van der Waals surface area contributed by atoms with E-state index in [1.807, 2.05) is 25.1 Å². The van der Waals surface area contributed by atoms with Gasteiger partial charge >= 0.3 is 0 Å². The SMILES string of the molecule is CCOC1OC(C(=O)Nc2ccccc2N)=CC(C(C)C)C1CCOCCOCCO. The summed E-state index contributed by atoms with van der Waals surface area (Å²) >= 11 is 0. The maximum atomic E-state index is 12.9. The van der Waals surface area contributed by atoms with Gasteiger partial charge in [-0.3, -0.25) is 4.79 Å². The van der Waals surface area contributed by atoms with E-state index in [1.54, 1.807) is 12.1 Å². The molecule has 31 heavy (non-hydrogen) atoms. The highest BCUT2D eigenvalue weighted by Gasteiger charge is 2.38. The van der Waals surface area contributed by atoms with Crippen LogP contribution in [-0.2, 0) is 23.7 Å². The number of rotatable bonds is 13. The molecule has 8 nitrogen and oxygen atoms in total. The van der Waals surface area contributed by atoms with E-state index in [2.05, 4.69) is 19.2 Å². The number of aliphatic hydroxyl groups excluding tert-OH is 1. The predicted molar refractivity (Wildman–Crippen MR) is 119 cm³/mol. The summed E-state index contributed by atoms with van der Waals surface area (Å²) in [6.45, 7) is 8.37. The Hall–Kier alpha value is -2.13. The topological polar surface area (TPSA) is 112 Å². The second-order valence-corrected chi connectivity index (χ2v) is 7.74. The molecular formula is C23H36N2O6. The lowest BCUT2D eigenvalue weighted by atomic mass is 9.79. The minimum atomic E-state index is -0.537. The van der Waals surface area contributed by atoms with Crippen LogP contribution in [0, 0.1) is 17.8 Å². The van der Waals surface area contributed by atoms with E-state index >= 15 is 0 Å². The molecule has 1 aromatic rings. The minimum absolute atomic E-state index is 0.00459. The molecule has 3 unspecified atom stereocenters. The van der Waals surface area contributed by atoms with Crippen molar-refractivity contribution in [2.24, 2.45) is 17.8 Å². The van der Waals surface area contributed by atoms with E-state index in [9.17, 15) is 4.79 Å². The number of hydrogen-bond donors (Lipinski definition) is 3. The van der Waals surface area contributed by atoms with Gasteiger partial charge in [0, 0.05) is 19.1 Å². The fraction of sp³-hybridized carbons (Fsp3) is 0.609. The van der Waals surface area contributed by atoms with Crippen LogP contribution in [0.4, 0.5) is 11.4 Å². The Balaban J connectivity index is 2.04. The number of nitrogen functional groups attached to an aromatic ring is 1. The molecule has 1 heterocycles. The fourth-order valence-electron chi connectivity index (χ4n) is 3.60. The third-order valence-electron chi connectivity index (χ3n) is 5.17. The third kappa shape index (κ3) is 7.81. The molecule has 174 valence electrons. The normalized spacial score (nSPS) is 20.9. The first kappa shape index (κ1) is 25.1. The van der Waals surface area contributed by atoms with Crippen LogP contribution < -0.4 is 11.1 Å². The van der Waals surface area contributed by atoms with Gasteiger partial charge in [0.05, 0.1) is 37.8 Å². The Bertz CT molecular complexity index is 709. The highest BCUT2D eigenvalue weighted by molar-refractivity contribution is 6.04. The first-order valence-electron chi connectivity index (χ1n) is 10.9. The molecule has 0 aliphatic carbocycles. The van der Waals surface area contributed by atoms with E-state index in [0.29, 0.717) is 44.4 Å². The highest BCUT2D eigenvalue weighted by Crippen LogP contribution is 2.36. The summed E-state index contributed by atoms with van der Waals surface area (Å²) < 4.78 is 22.7. The number of ether oxygens (including phenoxy) is 4. The molecule has 0 aromatic heterocycles. The molecule has 2 rings (SSSR count). The summed E-state index contributed by atoms with van der Waals surface area (Å²) in [5.74, 6) is 0.332. The van der Waals surface area contributed by atoms with Crippen molar-refractivity contribution < 1.29 is 28.8 Å². The minimum Gasteiger partial charge on any atom is -0.459 e. The molecule has 1 amide bonds. The number of aliphatic hydroxyl groups is 1. The molecule has 0 saturated carbocycles. The average Bonchev–Trinajstić information content (AvgIpc) is 2.75. The van der Waals surface area contributed by atoms with Crippen LogP contribution in [0.3, 0.4) is 0 Å². The Morgan fingerprint density at radius 1 is 1.19 bits per heavy atom. The van der Waals surface area contributed by atoms with Crippen molar-refractivity contribution in [1.82, 2.24) is 0 Å². The van der Waals surface area contributed by atoms with Crippen LogP contribution in [0.5, 0.6) is 0 Å². The third-order valence-corrected chi connectivity index (χ3v) is 5.17. The van der Waals surface area contributed by atoms with E-state index in [4.69, 9.17) is 29.8 Å². The zero-order valence-corrected chi connectivity index (χ0v) is 18.7. The lowest BCUT2D eigenvalue weighted by Gasteiger charge is -2.38. The number of nitrogens with one attached hydrogen (secondary N) is 1. The van der Waals surface area contributed by atoms with Crippen molar-refractivity contribution in [3.63, 3.8) is 0 Å². The zero-order valence-electron chi connectivity index (χ0n) is 18.7. The molecule has 0 spiro atoms. The van der Waals surface area contributed by atoms with Gasteiger partial charge in [0.1, 0.15) is 0 Å². The number of carbonyl (C=O) groups excluding carboxylic acids is 1. The summed E-state index contributed by atoms with van der Waals surface area (Å²) in [7, 11) is 0. The Labute approximate surface area is 184 Å². The summed E-state index contributed by atoms with van der Waals surface area (Å²) in [6, 6.07) is 7.11. The van der Waals surface area contributed by atoms with Crippen molar-refractivity contribution in [3.05, 3.63) is 36.1 Å². The number of anilines is 2. The standard InChI is InChI=1S/C23H36N2O6/c1-4-30-23-17(9-11-28-13-14-29-12-10-26)18(16(2)3)15-21(31-23)22(27)25-20-8-6-5-7-19(20)24/h5-8,15-18,23,26H,4,9-14,24H2,1-3H3,(H,25,27). The largest absolute Gasteiger partial charge is 0.459 e. The van der Waals surface area contributed by atoms with Crippen LogP contribution in [-0.4, -0.2) is 56.9 Å². The van der Waals surface area contributed by atoms with Gasteiger partial charge in [-0.2, -0.15) is 0 Å². The zero-order chi connectivity index (χ0) is 22.6. The van der Waals surface area contributed by atoms with Gasteiger partial charge in [0.25, 0.3) is 5.91 Å². The molecule has 1 aliphatic heterocycles. The second kappa shape index (κ2) is 13.3. The first-order valence-corrected chi connectivity index (χ1v) is 10.9. The summed E-state index contributed by atoms with van der Waals surface area (Å²) in [4.78, 5) is 12.9. The van der Waals surface area contributed by atoms with Crippen molar-refractivity contribution in [3.8, 4) is 0 Å². The molecule has 0 bridgehead atoms. The second-order valence-electron chi connectivity index (χ2n) is 7.74. The Morgan fingerprint density at radius 3 is 2.55 bits per heavy atom. The number of benzene rings is 1. The fourth-order valence-corrected chi connectivity index (χ4v) is 3.60. The highest BCUT2D eigenvalue weighted by atomic mass is 16.7. The van der Waals surface area contributed by atoms with Crippen LogP contribution >= 0.6 is 0 Å². The van der Waals surface area contributed by atoms with E-state index in [1.165, 1.54) is 0 Å². The molecule has 4 N–H and O–H groups in total. The molecular weight excluding hydrogens is 400 g/mol. The maximum Gasteiger partial charge on any atom is 0.290 e. The number of hydrogen-bond acceptors (Lipinski definition) is 7.